The van der Waals surface area contributed by atoms with Gasteiger partial charge in [-0.05, 0) is 0 Å². The molecule has 0 fully saturated rings. The third kappa shape index (κ3) is 1.40. The van der Waals surface area contributed by atoms with Gasteiger partial charge in [-0.3, -0.25) is 0 Å². The van der Waals surface area contributed by atoms with Crippen molar-refractivity contribution in [1.82, 2.24) is 0 Å². The van der Waals surface area contributed by atoms with Crippen LogP contribution in [-0.4, -0.2) is 15.7 Å². The number of benzene rings is 1. The Hall–Kier alpha value is -2.69. The first-order valence-corrected chi connectivity index (χ1v) is 4.39. The molecule has 0 saturated heterocycles. The van der Waals surface area contributed by atoms with Gasteiger partial charge in [-0.25, -0.2) is 0 Å². The smallest absolute Gasteiger partial charge is 0.142 e. The first-order valence-electron chi connectivity index (χ1n) is 4.39. The van der Waals surface area contributed by atoms with E-state index >= 15 is 0 Å². The zero-order valence-electron chi connectivity index (χ0n) is 8.79. The van der Waals surface area contributed by atoms with E-state index in [0.717, 1.165) is 0 Å². The van der Waals surface area contributed by atoms with Crippen molar-refractivity contribution in [3.05, 3.63) is 22.3 Å². The summed E-state index contributed by atoms with van der Waals surface area (Å²) in [6.45, 7) is 0. The predicted molar refractivity (Wildman–Crippen MR) is 61.7 cm³/mol. The van der Waals surface area contributed by atoms with E-state index in [1.165, 1.54) is 0 Å². The van der Waals surface area contributed by atoms with E-state index in [9.17, 15) is 0 Å². The molecule has 1 aromatic rings. The molecule has 4 nitrogen and oxygen atoms in total. The van der Waals surface area contributed by atoms with Gasteiger partial charge in [0.2, 0.25) is 0 Å². The van der Waals surface area contributed by atoms with E-state index in [4.69, 9.17) is 21.0 Å². The molecule has 16 heavy (non-hydrogen) atoms. The molecule has 0 unspecified atom stereocenters. The molecule has 0 bridgehead atoms. The molecule has 70 valence electrons. The fourth-order valence-corrected chi connectivity index (χ4v) is 1.59. The Bertz CT molecular complexity index is 594. The van der Waals surface area contributed by atoms with Crippen molar-refractivity contribution in [2.75, 3.05) is 0 Å². The third-order valence-corrected chi connectivity index (χ3v) is 2.45. The summed E-state index contributed by atoms with van der Waals surface area (Å²) in [5, 5.41) is 35.8. The average molecular weight is 202 g/mol. The molecule has 0 N–H and O–H groups in total. The number of nitriles is 4. The number of hydrogen-bond acceptors (Lipinski definition) is 4. The van der Waals surface area contributed by atoms with Crippen LogP contribution < -0.4 is 10.9 Å². The molecule has 6 heteroatoms. The standard InChI is InChI=1S/C10H4B2N4/c11-9-6(2-14)5(1-13)7(3-15)10(12)8(9)4-16/h11-12H2. The van der Waals surface area contributed by atoms with E-state index in [0.29, 0.717) is 16.5 Å². The Balaban J connectivity index is 3.99. The highest BCUT2D eigenvalue weighted by molar-refractivity contribution is 6.42. The predicted octanol–water partition coefficient (Wildman–Crippen LogP) is -2.31. The maximum atomic E-state index is 8.95. The number of nitrogens with zero attached hydrogens (tertiary/aromatic N) is 4. The van der Waals surface area contributed by atoms with Gasteiger partial charge in [0.1, 0.15) is 33.9 Å². The van der Waals surface area contributed by atoms with E-state index in [2.05, 4.69) is 0 Å². The van der Waals surface area contributed by atoms with Crippen LogP contribution in [0, 0.1) is 45.3 Å². The summed E-state index contributed by atoms with van der Waals surface area (Å²) in [5.74, 6) is 0. The van der Waals surface area contributed by atoms with Crippen LogP contribution in [-0.2, 0) is 0 Å². The molecule has 0 aliphatic carbocycles. The molecule has 0 atom stereocenters. The van der Waals surface area contributed by atoms with Gasteiger partial charge in [-0.1, -0.05) is 10.9 Å². The van der Waals surface area contributed by atoms with Gasteiger partial charge in [0, 0.05) is 5.56 Å². The van der Waals surface area contributed by atoms with Gasteiger partial charge < -0.3 is 0 Å². The Morgan fingerprint density at radius 2 is 0.875 bits per heavy atom. The van der Waals surface area contributed by atoms with Crippen LogP contribution in [0.3, 0.4) is 0 Å². The third-order valence-electron chi connectivity index (χ3n) is 2.45. The molecule has 0 radical (unpaired) electrons. The maximum absolute atomic E-state index is 8.95. The second-order valence-corrected chi connectivity index (χ2v) is 3.20. The minimum atomic E-state index is 0.0546. The van der Waals surface area contributed by atoms with Crippen LogP contribution in [0.5, 0.6) is 0 Å². The Morgan fingerprint density at radius 3 is 1.12 bits per heavy atom. The average Bonchev–Trinajstić information content (AvgIpc) is 2.29. The molecule has 0 spiro atoms. The van der Waals surface area contributed by atoms with Crippen molar-refractivity contribution in [2.45, 2.75) is 0 Å². The second kappa shape index (κ2) is 4.22. The van der Waals surface area contributed by atoms with Gasteiger partial charge in [0.25, 0.3) is 0 Å². The zero-order valence-corrected chi connectivity index (χ0v) is 8.79. The van der Waals surface area contributed by atoms with Crippen LogP contribution in [0.4, 0.5) is 0 Å². The largest absolute Gasteiger partial charge is 0.192 e. The molecular formula is C10H4B2N4. The lowest BCUT2D eigenvalue weighted by atomic mass is 9.74. The van der Waals surface area contributed by atoms with Crippen LogP contribution >= 0.6 is 0 Å². The van der Waals surface area contributed by atoms with E-state index < -0.39 is 0 Å². The maximum Gasteiger partial charge on any atom is 0.142 e. The highest BCUT2D eigenvalue weighted by Crippen LogP contribution is 2.10. The van der Waals surface area contributed by atoms with E-state index in [1.54, 1.807) is 15.7 Å². The summed E-state index contributed by atoms with van der Waals surface area (Å²) < 4.78 is 0. The molecule has 1 rings (SSSR count). The van der Waals surface area contributed by atoms with Crippen molar-refractivity contribution in [1.29, 1.82) is 21.0 Å². The fourth-order valence-electron chi connectivity index (χ4n) is 1.59. The Labute approximate surface area is 94.8 Å². The van der Waals surface area contributed by atoms with Crippen LogP contribution in [0.2, 0.25) is 0 Å². The highest BCUT2D eigenvalue weighted by Gasteiger charge is 2.18. The fraction of sp³-hybridized carbons (Fsp3) is 0. The van der Waals surface area contributed by atoms with Gasteiger partial charge in [-0.15, -0.1) is 0 Å². The van der Waals surface area contributed by atoms with E-state index in [1.807, 2.05) is 24.3 Å². The van der Waals surface area contributed by atoms with Crippen LogP contribution in [0.15, 0.2) is 0 Å². The van der Waals surface area contributed by atoms with Gasteiger partial charge in [-0.2, -0.15) is 21.0 Å². The molecule has 1 aromatic carbocycles. The van der Waals surface area contributed by atoms with E-state index in [-0.39, 0.29) is 16.7 Å². The second-order valence-electron chi connectivity index (χ2n) is 3.20. The lowest BCUT2D eigenvalue weighted by Gasteiger charge is -2.09. The van der Waals surface area contributed by atoms with Gasteiger partial charge in [0.05, 0.1) is 22.8 Å². The minimum absolute atomic E-state index is 0.0546. The summed E-state index contributed by atoms with van der Waals surface area (Å²) in [6.07, 6.45) is 0. The Kier molecular flexibility index (Phi) is 3.00. The quantitative estimate of drug-likeness (QED) is 0.441. The molecule has 0 aromatic heterocycles. The monoisotopic (exact) mass is 202 g/mol. The lowest BCUT2D eigenvalue weighted by Crippen LogP contribution is -2.28. The normalized spacial score (nSPS) is 8.25. The molecular weight excluding hydrogens is 198 g/mol. The van der Waals surface area contributed by atoms with Crippen molar-refractivity contribution < 1.29 is 0 Å². The minimum Gasteiger partial charge on any atom is -0.192 e. The lowest BCUT2D eigenvalue weighted by molar-refractivity contribution is 1.41. The van der Waals surface area contributed by atoms with Gasteiger partial charge in [0.15, 0.2) is 0 Å². The first-order chi connectivity index (χ1) is 7.62. The summed E-state index contributed by atoms with van der Waals surface area (Å²) >= 11 is 0. The summed E-state index contributed by atoms with van der Waals surface area (Å²) in [6, 6.07) is 7.53. The number of rotatable bonds is 0. The summed E-state index contributed by atoms with van der Waals surface area (Å²) in [7, 11) is 3.21. The van der Waals surface area contributed by atoms with Crippen molar-refractivity contribution in [3.8, 4) is 24.3 Å². The molecule has 0 saturated carbocycles. The van der Waals surface area contributed by atoms with Crippen molar-refractivity contribution >= 4 is 26.6 Å². The molecule has 0 aliphatic rings. The van der Waals surface area contributed by atoms with Crippen molar-refractivity contribution in [2.24, 2.45) is 0 Å². The van der Waals surface area contributed by atoms with Crippen LogP contribution in [0.1, 0.15) is 22.3 Å². The highest BCUT2D eigenvalue weighted by atomic mass is 14.3. The first kappa shape index (κ1) is 11.4. The zero-order chi connectivity index (χ0) is 12.3. The summed E-state index contributed by atoms with van der Waals surface area (Å²) in [4.78, 5) is 0. The van der Waals surface area contributed by atoms with Crippen LogP contribution in [0.25, 0.3) is 0 Å². The van der Waals surface area contributed by atoms with Crippen molar-refractivity contribution in [3.63, 3.8) is 0 Å². The van der Waals surface area contributed by atoms with Gasteiger partial charge >= 0.3 is 0 Å². The molecule has 0 heterocycles. The molecule has 0 amide bonds. The summed E-state index contributed by atoms with van der Waals surface area (Å²) in [5.41, 5.74) is 1.49. The molecule has 0 aliphatic heterocycles. The SMILES string of the molecule is Bc1c(C#N)c(B)c(C#N)c(C#N)c1C#N. The number of hydrogen-bond donors (Lipinski definition) is 0. The topological polar surface area (TPSA) is 95.2 Å². The Morgan fingerprint density at radius 1 is 0.562 bits per heavy atom.